The van der Waals surface area contributed by atoms with Crippen molar-refractivity contribution < 1.29 is 0 Å². The van der Waals surface area contributed by atoms with Crippen molar-refractivity contribution in [1.82, 2.24) is 14.9 Å². The number of hydrogen-bond donors (Lipinski definition) is 0. The van der Waals surface area contributed by atoms with E-state index in [0.717, 1.165) is 28.0 Å². The van der Waals surface area contributed by atoms with Crippen LogP contribution < -0.4 is 4.90 Å². The Labute approximate surface area is 134 Å². The van der Waals surface area contributed by atoms with Crippen LogP contribution in [-0.2, 0) is 0 Å². The van der Waals surface area contributed by atoms with Gasteiger partial charge in [0, 0.05) is 30.5 Å². The van der Waals surface area contributed by atoms with E-state index in [-0.39, 0.29) is 0 Å². The van der Waals surface area contributed by atoms with Gasteiger partial charge in [0.15, 0.2) is 0 Å². The van der Waals surface area contributed by atoms with Crippen molar-refractivity contribution in [1.29, 1.82) is 0 Å². The fourth-order valence-corrected chi connectivity index (χ4v) is 3.35. The Kier molecular flexibility index (Phi) is 4.40. The van der Waals surface area contributed by atoms with Crippen LogP contribution in [0.1, 0.15) is 12.8 Å². The lowest BCUT2D eigenvalue weighted by Crippen LogP contribution is -2.35. The van der Waals surface area contributed by atoms with Gasteiger partial charge < -0.3 is 9.80 Å². The maximum Gasteiger partial charge on any atom is 0.112 e. The Bertz CT molecular complexity index is 623. The van der Waals surface area contributed by atoms with Gasteiger partial charge in [0.25, 0.3) is 0 Å². The molecule has 0 aromatic carbocycles. The second-order valence-electron chi connectivity index (χ2n) is 5.98. The van der Waals surface area contributed by atoms with Gasteiger partial charge in [-0.3, -0.25) is 9.97 Å². The van der Waals surface area contributed by atoms with E-state index in [9.17, 15) is 0 Å². The van der Waals surface area contributed by atoms with Crippen molar-refractivity contribution in [2.45, 2.75) is 12.8 Å². The van der Waals surface area contributed by atoms with Gasteiger partial charge in [-0.25, -0.2) is 0 Å². The molecule has 0 saturated carbocycles. The lowest BCUT2D eigenvalue weighted by Gasteiger charge is -2.32. The molecule has 3 rings (SSSR count). The molecule has 2 aromatic rings. The molecular weight excluding hydrogens is 328 g/mol. The zero-order valence-corrected chi connectivity index (χ0v) is 14.2. The van der Waals surface area contributed by atoms with E-state index < -0.39 is 0 Å². The summed E-state index contributed by atoms with van der Waals surface area (Å²) in [7, 11) is 4.37. The van der Waals surface area contributed by atoms with Crippen LogP contribution in [0.15, 0.2) is 29.0 Å². The molecule has 5 heteroatoms. The van der Waals surface area contributed by atoms with E-state index in [0.29, 0.717) is 0 Å². The first kappa shape index (κ1) is 14.7. The third kappa shape index (κ3) is 3.35. The summed E-state index contributed by atoms with van der Waals surface area (Å²) in [5.74, 6) is 0.768. The highest BCUT2D eigenvalue weighted by Gasteiger charge is 2.19. The van der Waals surface area contributed by atoms with Crippen LogP contribution in [-0.4, -0.2) is 48.6 Å². The monoisotopic (exact) mass is 348 g/mol. The maximum absolute atomic E-state index is 4.55. The van der Waals surface area contributed by atoms with Gasteiger partial charge in [0.05, 0.1) is 11.2 Å². The largest absolute Gasteiger partial charge is 0.372 e. The molecule has 0 N–H and O–H groups in total. The van der Waals surface area contributed by atoms with Crippen molar-refractivity contribution in [3.63, 3.8) is 0 Å². The Morgan fingerprint density at radius 2 is 2.10 bits per heavy atom. The highest BCUT2D eigenvalue weighted by Crippen LogP contribution is 2.26. The predicted molar refractivity (Wildman–Crippen MR) is 90.7 cm³/mol. The molecule has 3 heterocycles. The van der Waals surface area contributed by atoms with E-state index >= 15 is 0 Å². The number of halogens is 1. The third-order valence-electron chi connectivity index (χ3n) is 4.30. The van der Waals surface area contributed by atoms with Crippen LogP contribution >= 0.6 is 15.9 Å². The van der Waals surface area contributed by atoms with Crippen molar-refractivity contribution in [3.8, 4) is 0 Å². The van der Waals surface area contributed by atoms with Gasteiger partial charge in [-0.05, 0) is 67.0 Å². The minimum Gasteiger partial charge on any atom is -0.372 e. The lowest BCUT2D eigenvalue weighted by atomic mass is 9.96. The number of hydrogen-bond acceptors (Lipinski definition) is 4. The Hall–Kier alpha value is -1.20. The van der Waals surface area contributed by atoms with E-state index in [2.05, 4.69) is 55.9 Å². The summed E-state index contributed by atoms with van der Waals surface area (Å²) in [4.78, 5) is 13.7. The summed E-state index contributed by atoms with van der Waals surface area (Å²) in [6.07, 6.45) is 6.28. The topological polar surface area (TPSA) is 32.3 Å². The number of piperidine rings is 1. The molecule has 21 heavy (non-hydrogen) atoms. The van der Waals surface area contributed by atoms with E-state index in [4.69, 9.17) is 0 Å². The first-order chi connectivity index (χ1) is 10.1. The maximum atomic E-state index is 4.55. The summed E-state index contributed by atoms with van der Waals surface area (Å²) in [6, 6.07) is 4.09. The molecule has 0 radical (unpaired) electrons. The molecular formula is C16H21BrN4. The van der Waals surface area contributed by atoms with E-state index in [1.54, 1.807) is 0 Å². The minimum absolute atomic E-state index is 0.768. The highest BCUT2D eigenvalue weighted by molar-refractivity contribution is 9.10. The summed E-state index contributed by atoms with van der Waals surface area (Å²) in [6.45, 7) is 3.51. The number of nitrogens with zero attached hydrogens (tertiary/aromatic N) is 4. The predicted octanol–water partition coefficient (Wildman–Crippen LogP) is 3.17. The van der Waals surface area contributed by atoms with Gasteiger partial charge in [-0.1, -0.05) is 0 Å². The molecule has 0 unspecified atom stereocenters. The molecule has 0 amide bonds. The molecule has 4 nitrogen and oxygen atoms in total. The number of aromatic nitrogens is 2. The minimum atomic E-state index is 0.768. The molecule has 0 aliphatic carbocycles. The van der Waals surface area contributed by atoms with Crippen LogP contribution in [0.2, 0.25) is 0 Å². The van der Waals surface area contributed by atoms with Gasteiger partial charge in [-0.2, -0.15) is 0 Å². The standard InChI is InChI=1S/C16H21BrN4/c1-20-7-4-12(5-8-20)11-21(2)15-3-6-18-14-9-13(17)10-19-16(14)15/h3,6,9-10,12H,4-5,7-8,11H2,1-2H3. The number of likely N-dealkylation sites (tertiary alicyclic amines) is 1. The molecule has 1 saturated heterocycles. The van der Waals surface area contributed by atoms with E-state index in [1.165, 1.54) is 31.6 Å². The third-order valence-corrected chi connectivity index (χ3v) is 4.74. The first-order valence-corrected chi connectivity index (χ1v) is 8.23. The van der Waals surface area contributed by atoms with Gasteiger partial charge >= 0.3 is 0 Å². The lowest BCUT2D eigenvalue weighted by molar-refractivity contribution is 0.222. The van der Waals surface area contributed by atoms with Crippen LogP contribution in [0.3, 0.4) is 0 Å². The Balaban J connectivity index is 1.79. The number of rotatable bonds is 3. The summed E-state index contributed by atoms with van der Waals surface area (Å²) >= 11 is 3.46. The average Bonchev–Trinajstić information content (AvgIpc) is 2.48. The average molecular weight is 349 g/mol. The fraction of sp³-hybridized carbons (Fsp3) is 0.500. The number of fused-ring (bicyclic) bond motifs is 1. The van der Waals surface area contributed by atoms with E-state index in [1.807, 2.05) is 18.5 Å². The van der Waals surface area contributed by atoms with Gasteiger partial charge in [-0.15, -0.1) is 0 Å². The zero-order chi connectivity index (χ0) is 14.8. The van der Waals surface area contributed by atoms with Crippen molar-refractivity contribution in [2.24, 2.45) is 5.92 Å². The highest BCUT2D eigenvalue weighted by atomic mass is 79.9. The number of anilines is 1. The van der Waals surface area contributed by atoms with Crippen LogP contribution in [0.4, 0.5) is 5.69 Å². The van der Waals surface area contributed by atoms with Crippen molar-refractivity contribution in [3.05, 3.63) is 29.0 Å². The Morgan fingerprint density at radius 3 is 2.86 bits per heavy atom. The molecule has 0 atom stereocenters. The summed E-state index contributed by atoms with van der Waals surface area (Å²) < 4.78 is 0.970. The molecule has 0 spiro atoms. The SMILES string of the molecule is CN1CCC(CN(C)c2ccnc3cc(Br)cnc23)CC1. The molecule has 0 bridgehead atoms. The van der Waals surface area contributed by atoms with Crippen LogP contribution in [0.25, 0.3) is 11.0 Å². The molecule has 112 valence electrons. The van der Waals surface area contributed by atoms with Crippen molar-refractivity contribution in [2.75, 3.05) is 38.6 Å². The first-order valence-electron chi connectivity index (χ1n) is 7.43. The van der Waals surface area contributed by atoms with Gasteiger partial charge in [0.1, 0.15) is 5.52 Å². The quantitative estimate of drug-likeness (QED) is 0.852. The smallest absolute Gasteiger partial charge is 0.112 e. The fourth-order valence-electron chi connectivity index (χ4n) is 3.03. The second-order valence-corrected chi connectivity index (χ2v) is 6.89. The van der Waals surface area contributed by atoms with Gasteiger partial charge in [0.2, 0.25) is 0 Å². The second kappa shape index (κ2) is 6.28. The van der Waals surface area contributed by atoms with Crippen LogP contribution in [0, 0.1) is 5.92 Å². The van der Waals surface area contributed by atoms with Crippen LogP contribution in [0.5, 0.6) is 0 Å². The Morgan fingerprint density at radius 1 is 1.33 bits per heavy atom. The molecule has 2 aromatic heterocycles. The normalized spacial score (nSPS) is 17.3. The number of pyridine rings is 2. The molecule has 1 fully saturated rings. The van der Waals surface area contributed by atoms with Crippen molar-refractivity contribution >= 4 is 32.7 Å². The summed E-state index contributed by atoms with van der Waals surface area (Å²) in [5.41, 5.74) is 3.10. The molecule has 1 aliphatic heterocycles. The zero-order valence-electron chi connectivity index (χ0n) is 12.6. The molecule has 1 aliphatic rings. The summed E-state index contributed by atoms with van der Waals surface area (Å²) in [5, 5.41) is 0.